The van der Waals surface area contributed by atoms with Crippen LogP contribution in [0.2, 0.25) is 0 Å². The average molecular weight is 288 g/mol. The lowest BCUT2D eigenvalue weighted by atomic mass is 9.72. The smallest absolute Gasteiger partial charge is 0.222 e. The third-order valence-electron chi connectivity index (χ3n) is 5.01. The van der Waals surface area contributed by atoms with Gasteiger partial charge in [0.1, 0.15) is 0 Å². The number of amides is 1. The van der Waals surface area contributed by atoms with Crippen LogP contribution >= 0.6 is 0 Å². The summed E-state index contributed by atoms with van der Waals surface area (Å²) in [5.74, 6) is 0.301. The average Bonchev–Trinajstić information content (AvgIpc) is 2.52. The summed E-state index contributed by atoms with van der Waals surface area (Å²) in [4.78, 5) is 22.9. The van der Waals surface area contributed by atoms with Gasteiger partial charge in [0.2, 0.25) is 5.91 Å². The van der Waals surface area contributed by atoms with Gasteiger partial charge in [-0.3, -0.25) is 14.8 Å². The molecule has 3 rings (SSSR count). The topological polar surface area (TPSA) is 58.1 Å². The number of piperidine rings is 2. The highest BCUT2D eigenvalue weighted by Gasteiger charge is 2.40. The van der Waals surface area contributed by atoms with Gasteiger partial charge in [0.05, 0.1) is 5.69 Å². The Morgan fingerprint density at radius 2 is 2.14 bits per heavy atom. The summed E-state index contributed by atoms with van der Waals surface area (Å²) in [6.45, 7) is 5.21. The van der Waals surface area contributed by atoms with Gasteiger partial charge >= 0.3 is 0 Å². The summed E-state index contributed by atoms with van der Waals surface area (Å²) >= 11 is 0. The summed E-state index contributed by atoms with van der Waals surface area (Å²) in [5.41, 5.74) is 1.30. The molecule has 0 bridgehead atoms. The number of aromatic nitrogens is 2. The minimum Gasteiger partial charge on any atom is -0.339 e. The van der Waals surface area contributed by atoms with Crippen LogP contribution in [0, 0.1) is 5.41 Å². The molecule has 1 atom stereocenters. The van der Waals surface area contributed by atoms with Gasteiger partial charge in [0.15, 0.2) is 0 Å². The van der Waals surface area contributed by atoms with Crippen molar-refractivity contribution < 1.29 is 4.79 Å². The van der Waals surface area contributed by atoms with E-state index in [2.05, 4.69) is 27.1 Å². The van der Waals surface area contributed by atoms with E-state index in [-0.39, 0.29) is 6.04 Å². The van der Waals surface area contributed by atoms with Crippen LogP contribution in [-0.4, -0.2) is 46.5 Å². The first-order chi connectivity index (χ1) is 10.2. The number of carbonyl (C=O) groups excluding carboxylic acids is 1. The maximum Gasteiger partial charge on any atom is 0.222 e. The zero-order valence-corrected chi connectivity index (χ0v) is 12.7. The molecule has 0 aromatic carbocycles. The van der Waals surface area contributed by atoms with E-state index in [1.807, 2.05) is 0 Å². The van der Waals surface area contributed by atoms with Gasteiger partial charge in [-0.15, -0.1) is 0 Å². The molecular weight excluding hydrogens is 264 g/mol. The molecule has 2 fully saturated rings. The molecule has 0 saturated carbocycles. The van der Waals surface area contributed by atoms with Crippen molar-refractivity contribution in [1.29, 1.82) is 0 Å². The SMILES string of the molecule is C[C@@H](Cc1cnccn1)N1CC2(CCNCC2)CCC1=O. The number of rotatable bonds is 3. The molecule has 1 aromatic heterocycles. The molecule has 5 nitrogen and oxygen atoms in total. The molecule has 1 N–H and O–H groups in total. The second-order valence-electron chi connectivity index (χ2n) is 6.52. The Morgan fingerprint density at radius 3 is 2.86 bits per heavy atom. The maximum absolute atomic E-state index is 12.3. The fourth-order valence-electron chi connectivity index (χ4n) is 3.66. The van der Waals surface area contributed by atoms with Gasteiger partial charge in [-0.1, -0.05) is 0 Å². The molecular formula is C16H24N4O. The van der Waals surface area contributed by atoms with E-state index in [4.69, 9.17) is 0 Å². The van der Waals surface area contributed by atoms with Gasteiger partial charge in [-0.05, 0) is 44.7 Å². The number of likely N-dealkylation sites (tertiary alicyclic amines) is 1. The molecule has 21 heavy (non-hydrogen) atoms. The predicted octanol–water partition coefficient (Wildman–Crippen LogP) is 1.40. The predicted molar refractivity (Wildman–Crippen MR) is 80.7 cm³/mol. The van der Waals surface area contributed by atoms with Crippen LogP contribution in [0.3, 0.4) is 0 Å². The minimum absolute atomic E-state index is 0.196. The van der Waals surface area contributed by atoms with Crippen molar-refractivity contribution in [2.24, 2.45) is 5.41 Å². The Bertz CT molecular complexity index is 484. The van der Waals surface area contributed by atoms with Crippen molar-refractivity contribution in [2.45, 2.75) is 45.1 Å². The minimum atomic E-state index is 0.196. The zero-order valence-electron chi connectivity index (χ0n) is 12.7. The van der Waals surface area contributed by atoms with Crippen molar-refractivity contribution >= 4 is 5.91 Å². The normalized spacial score (nSPS) is 23.3. The van der Waals surface area contributed by atoms with E-state index in [0.29, 0.717) is 17.7 Å². The highest BCUT2D eigenvalue weighted by atomic mass is 16.2. The molecule has 1 amide bonds. The maximum atomic E-state index is 12.3. The summed E-state index contributed by atoms with van der Waals surface area (Å²) < 4.78 is 0. The van der Waals surface area contributed by atoms with E-state index in [1.165, 1.54) is 12.8 Å². The summed E-state index contributed by atoms with van der Waals surface area (Å²) in [5, 5.41) is 3.43. The highest BCUT2D eigenvalue weighted by Crippen LogP contribution is 2.39. The van der Waals surface area contributed by atoms with Crippen LogP contribution in [0.4, 0.5) is 0 Å². The van der Waals surface area contributed by atoms with Crippen molar-refractivity contribution in [3.63, 3.8) is 0 Å². The van der Waals surface area contributed by atoms with E-state index < -0.39 is 0 Å². The molecule has 1 spiro atoms. The zero-order chi connectivity index (χ0) is 14.7. The van der Waals surface area contributed by atoms with E-state index >= 15 is 0 Å². The van der Waals surface area contributed by atoms with Crippen LogP contribution in [-0.2, 0) is 11.2 Å². The number of carbonyl (C=O) groups is 1. The Morgan fingerprint density at radius 1 is 1.33 bits per heavy atom. The number of hydrogen-bond donors (Lipinski definition) is 1. The first kappa shape index (κ1) is 14.4. The number of hydrogen-bond acceptors (Lipinski definition) is 4. The lowest BCUT2D eigenvalue weighted by Gasteiger charge is -2.47. The fourth-order valence-corrected chi connectivity index (χ4v) is 3.66. The largest absolute Gasteiger partial charge is 0.339 e. The van der Waals surface area contributed by atoms with Crippen LogP contribution in [0.25, 0.3) is 0 Å². The Labute approximate surface area is 126 Å². The van der Waals surface area contributed by atoms with Crippen LogP contribution < -0.4 is 5.32 Å². The fraction of sp³-hybridized carbons (Fsp3) is 0.688. The third kappa shape index (κ3) is 3.23. The van der Waals surface area contributed by atoms with Crippen LogP contribution in [0.1, 0.15) is 38.3 Å². The van der Waals surface area contributed by atoms with Crippen molar-refractivity contribution in [3.05, 3.63) is 24.3 Å². The summed E-state index contributed by atoms with van der Waals surface area (Å²) in [6.07, 6.45) is 10.1. The van der Waals surface area contributed by atoms with Gasteiger partial charge < -0.3 is 10.2 Å². The summed E-state index contributed by atoms with van der Waals surface area (Å²) in [7, 11) is 0. The Balaban J connectivity index is 1.68. The molecule has 0 radical (unpaired) electrons. The molecule has 1 aromatic rings. The van der Waals surface area contributed by atoms with Crippen molar-refractivity contribution in [1.82, 2.24) is 20.2 Å². The molecule has 3 heterocycles. The first-order valence-electron chi connectivity index (χ1n) is 7.94. The number of nitrogens with one attached hydrogen (secondary N) is 1. The molecule has 114 valence electrons. The second-order valence-corrected chi connectivity index (χ2v) is 6.52. The van der Waals surface area contributed by atoms with Crippen molar-refractivity contribution in [3.8, 4) is 0 Å². The molecule has 2 saturated heterocycles. The monoisotopic (exact) mass is 288 g/mol. The van der Waals surface area contributed by atoms with Gasteiger partial charge in [0, 0.05) is 44.0 Å². The molecule has 0 unspecified atom stereocenters. The number of nitrogens with zero attached hydrogens (tertiary/aromatic N) is 3. The lowest BCUT2D eigenvalue weighted by Crippen LogP contribution is -2.53. The first-order valence-corrected chi connectivity index (χ1v) is 7.94. The van der Waals surface area contributed by atoms with E-state index in [1.54, 1.807) is 18.6 Å². The van der Waals surface area contributed by atoms with Crippen LogP contribution in [0.5, 0.6) is 0 Å². The van der Waals surface area contributed by atoms with Gasteiger partial charge in [-0.2, -0.15) is 0 Å². The van der Waals surface area contributed by atoms with E-state index in [9.17, 15) is 4.79 Å². The van der Waals surface area contributed by atoms with Crippen LogP contribution in [0.15, 0.2) is 18.6 Å². The quantitative estimate of drug-likeness (QED) is 0.913. The Hall–Kier alpha value is -1.49. The van der Waals surface area contributed by atoms with Gasteiger partial charge in [-0.25, -0.2) is 0 Å². The second kappa shape index (κ2) is 6.10. The highest BCUT2D eigenvalue weighted by molar-refractivity contribution is 5.77. The van der Waals surface area contributed by atoms with E-state index in [0.717, 1.165) is 38.2 Å². The Kier molecular flexibility index (Phi) is 4.19. The lowest BCUT2D eigenvalue weighted by molar-refractivity contribution is -0.141. The molecule has 0 aliphatic carbocycles. The summed E-state index contributed by atoms with van der Waals surface area (Å²) in [6, 6.07) is 0.196. The van der Waals surface area contributed by atoms with Crippen molar-refractivity contribution in [2.75, 3.05) is 19.6 Å². The molecule has 5 heteroatoms. The van der Waals surface area contributed by atoms with Gasteiger partial charge in [0.25, 0.3) is 0 Å². The molecule has 2 aliphatic heterocycles. The molecule has 2 aliphatic rings. The third-order valence-corrected chi connectivity index (χ3v) is 5.01. The standard InChI is InChI=1S/C16H24N4O/c1-13(10-14-11-18-8-9-19-14)20-12-16(3-2-15(20)21)4-6-17-7-5-16/h8-9,11,13,17H,2-7,10,12H2,1H3/t13-/m0/s1.